The summed E-state index contributed by atoms with van der Waals surface area (Å²) in [4.78, 5) is 4.00. The fourth-order valence-corrected chi connectivity index (χ4v) is 2.89. The molecule has 1 aliphatic rings. The highest BCUT2D eigenvalue weighted by Crippen LogP contribution is 2.36. The number of nitrogens with one attached hydrogen (secondary N) is 1. The Balaban J connectivity index is 2.45. The fraction of sp³-hybridized carbons (Fsp3) is 0.615. The molecule has 22 heavy (non-hydrogen) atoms. The normalized spacial score (nSPS) is 20.2. The van der Waals surface area contributed by atoms with Crippen LogP contribution >= 0.6 is 0 Å². The van der Waals surface area contributed by atoms with Crippen molar-refractivity contribution in [2.75, 3.05) is 14.2 Å². The van der Waals surface area contributed by atoms with Gasteiger partial charge >= 0.3 is 7.12 Å². The van der Waals surface area contributed by atoms with Gasteiger partial charge in [0.05, 0.1) is 18.3 Å². The van der Waals surface area contributed by atoms with Crippen molar-refractivity contribution >= 4 is 22.6 Å². The number of aromatic nitrogens is 1. The lowest BCUT2D eigenvalue weighted by molar-refractivity contribution is 0.00578. The van der Waals surface area contributed by atoms with Crippen LogP contribution in [0.2, 0.25) is 0 Å². The van der Waals surface area contributed by atoms with Gasteiger partial charge in [-0.05, 0) is 40.8 Å². The van der Waals surface area contributed by atoms with E-state index in [-0.39, 0.29) is 10.8 Å². The van der Waals surface area contributed by atoms with Crippen molar-refractivity contribution in [3.63, 3.8) is 0 Å². The highest BCUT2D eigenvalue weighted by atomic mass is 32.2. The topological polar surface area (TPSA) is 86.8 Å². The van der Waals surface area contributed by atoms with Crippen molar-refractivity contribution in [1.29, 1.82) is 0 Å². The highest BCUT2D eigenvalue weighted by molar-refractivity contribution is 7.89. The molecule has 1 aromatic heterocycles. The number of hydrogen-bond donors (Lipinski definition) is 1. The maximum absolute atomic E-state index is 12.1. The third-order valence-corrected chi connectivity index (χ3v) is 5.53. The number of sulfonamides is 1. The minimum absolute atomic E-state index is 0.0228. The van der Waals surface area contributed by atoms with Gasteiger partial charge in [0.2, 0.25) is 15.9 Å². The molecule has 0 unspecified atom stereocenters. The van der Waals surface area contributed by atoms with Gasteiger partial charge in [0.15, 0.2) is 0 Å². The molecular formula is C13H21BN2O5S. The first kappa shape index (κ1) is 17.2. The summed E-state index contributed by atoms with van der Waals surface area (Å²) in [6, 6.07) is 1.46. The molecule has 7 nitrogen and oxygen atoms in total. The predicted octanol–water partition coefficient (Wildman–Crippen LogP) is 0.298. The Morgan fingerprint density at radius 2 is 1.77 bits per heavy atom. The van der Waals surface area contributed by atoms with E-state index < -0.39 is 28.3 Å². The number of ether oxygens (including phenoxy) is 1. The van der Waals surface area contributed by atoms with Gasteiger partial charge in [-0.25, -0.2) is 18.1 Å². The zero-order chi connectivity index (χ0) is 16.8. The number of hydrogen-bond acceptors (Lipinski definition) is 6. The minimum atomic E-state index is -3.70. The zero-order valence-corrected chi connectivity index (χ0v) is 14.4. The SMILES string of the molecule is CNS(=O)(=O)c1cc(B2OC(C)(C)C(C)(C)O2)cnc1OC. The van der Waals surface area contributed by atoms with Crippen LogP contribution in [0.3, 0.4) is 0 Å². The van der Waals surface area contributed by atoms with Crippen LogP contribution in [0.25, 0.3) is 0 Å². The molecule has 1 aliphatic heterocycles. The second-order valence-electron chi connectivity index (χ2n) is 6.07. The van der Waals surface area contributed by atoms with Crippen LogP contribution in [0.5, 0.6) is 5.88 Å². The maximum Gasteiger partial charge on any atom is 0.496 e. The van der Waals surface area contributed by atoms with Crippen LogP contribution in [-0.2, 0) is 19.3 Å². The average Bonchev–Trinajstić information content (AvgIpc) is 2.66. The molecule has 0 aromatic carbocycles. The Morgan fingerprint density at radius 1 is 1.23 bits per heavy atom. The van der Waals surface area contributed by atoms with Crippen molar-refractivity contribution in [2.24, 2.45) is 0 Å². The van der Waals surface area contributed by atoms with E-state index in [1.165, 1.54) is 26.4 Å². The Labute approximate surface area is 131 Å². The second kappa shape index (κ2) is 5.49. The first-order valence-corrected chi connectivity index (χ1v) is 8.35. The van der Waals surface area contributed by atoms with E-state index in [1.807, 2.05) is 27.7 Å². The molecule has 1 aromatic rings. The molecule has 1 fully saturated rings. The smallest absolute Gasteiger partial charge is 0.480 e. The van der Waals surface area contributed by atoms with Gasteiger partial charge in [0.25, 0.3) is 0 Å². The van der Waals surface area contributed by atoms with E-state index in [2.05, 4.69) is 9.71 Å². The predicted molar refractivity (Wildman–Crippen MR) is 82.8 cm³/mol. The summed E-state index contributed by atoms with van der Waals surface area (Å²) in [6.45, 7) is 7.70. The first-order valence-electron chi connectivity index (χ1n) is 6.87. The van der Waals surface area contributed by atoms with Crippen LogP contribution in [-0.4, -0.2) is 45.9 Å². The first-order chi connectivity index (χ1) is 10.0. The molecule has 1 saturated heterocycles. The van der Waals surface area contributed by atoms with Gasteiger partial charge in [-0.15, -0.1) is 0 Å². The van der Waals surface area contributed by atoms with E-state index in [4.69, 9.17) is 14.0 Å². The second-order valence-corrected chi connectivity index (χ2v) is 7.93. The lowest BCUT2D eigenvalue weighted by Crippen LogP contribution is -2.41. The van der Waals surface area contributed by atoms with Gasteiger partial charge in [-0.3, -0.25) is 0 Å². The standard InChI is InChI=1S/C13H21BN2O5S/c1-12(2)13(3,4)21-14(20-12)9-7-10(22(17,18)15-5)11(19-6)16-8-9/h7-8,15H,1-6H3. The van der Waals surface area contributed by atoms with Crippen LogP contribution in [0.4, 0.5) is 0 Å². The Kier molecular flexibility index (Phi) is 4.29. The van der Waals surface area contributed by atoms with Gasteiger partial charge in [0.1, 0.15) is 4.90 Å². The molecular weight excluding hydrogens is 307 g/mol. The largest absolute Gasteiger partial charge is 0.496 e. The summed E-state index contributed by atoms with van der Waals surface area (Å²) in [6.07, 6.45) is 1.50. The third kappa shape index (κ3) is 2.86. The van der Waals surface area contributed by atoms with E-state index >= 15 is 0 Å². The minimum Gasteiger partial charge on any atom is -0.480 e. The molecule has 0 spiro atoms. The van der Waals surface area contributed by atoms with Gasteiger partial charge in [0, 0.05) is 11.7 Å². The average molecular weight is 328 g/mol. The van der Waals surface area contributed by atoms with Crippen molar-refractivity contribution < 1.29 is 22.5 Å². The molecule has 2 heterocycles. The summed E-state index contributed by atoms with van der Waals surface area (Å²) >= 11 is 0. The molecule has 0 bridgehead atoms. The third-order valence-electron chi connectivity index (χ3n) is 4.12. The highest BCUT2D eigenvalue weighted by Gasteiger charge is 2.52. The van der Waals surface area contributed by atoms with Crippen molar-refractivity contribution in [2.45, 2.75) is 43.8 Å². The van der Waals surface area contributed by atoms with Crippen molar-refractivity contribution in [3.8, 4) is 5.88 Å². The summed E-state index contributed by atoms with van der Waals surface area (Å²) in [5.41, 5.74) is -0.507. The molecule has 0 aliphatic carbocycles. The Morgan fingerprint density at radius 3 is 2.23 bits per heavy atom. The Bertz CT molecular complexity index is 659. The molecule has 122 valence electrons. The summed E-state index contributed by atoms with van der Waals surface area (Å²) in [5, 5.41) is 0. The molecule has 0 atom stereocenters. The van der Waals surface area contributed by atoms with E-state index in [0.717, 1.165) is 0 Å². The molecule has 0 saturated carbocycles. The maximum atomic E-state index is 12.1. The van der Waals surface area contributed by atoms with E-state index in [0.29, 0.717) is 5.46 Å². The van der Waals surface area contributed by atoms with Gasteiger partial charge in [-0.1, -0.05) is 0 Å². The fourth-order valence-electron chi connectivity index (χ4n) is 2.01. The van der Waals surface area contributed by atoms with Crippen LogP contribution < -0.4 is 14.9 Å². The lowest BCUT2D eigenvalue weighted by atomic mass is 9.80. The molecule has 9 heteroatoms. The van der Waals surface area contributed by atoms with Crippen molar-refractivity contribution in [3.05, 3.63) is 12.3 Å². The lowest BCUT2D eigenvalue weighted by Gasteiger charge is -2.32. The zero-order valence-electron chi connectivity index (χ0n) is 13.6. The molecule has 0 radical (unpaired) electrons. The quantitative estimate of drug-likeness (QED) is 0.800. The molecule has 2 rings (SSSR count). The van der Waals surface area contributed by atoms with E-state index in [9.17, 15) is 8.42 Å². The molecule has 0 amide bonds. The van der Waals surface area contributed by atoms with Gasteiger partial charge in [-0.2, -0.15) is 0 Å². The van der Waals surface area contributed by atoms with Crippen LogP contribution in [0, 0.1) is 0 Å². The number of methoxy groups -OCH3 is 1. The molecule has 1 N–H and O–H groups in total. The van der Waals surface area contributed by atoms with Crippen LogP contribution in [0.1, 0.15) is 27.7 Å². The van der Waals surface area contributed by atoms with E-state index in [1.54, 1.807) is 0 Å². The monoisotopic (exact) mass is 328 g/mol. The van der Waals surface area contributed by atoms with Gasteiger partial charge < -0.3 is 14.0 Å². The summed E-state index contributed by atoms with van der Waals surface area (Å²) in [7, 11) is -1.69. The number of rotatable bonds is 4. The summed E-state index contributed by atoms with van der Waals surface area (Å²) in [5.74, 6) is 0.0228. The Hall–Kier alpha value is -1.16. The van der Waals surface area contributed by atoms with Crippen LogP contribution in [0.15, 0.2) is 17.2 Å². The number of pyridine rings is 1. The number of nitrogens with zero attached hydrogens (tertiary/aromatic N) is 1. The summed E-state index contributed by atoms with van der Waals surface area (Å²) < 4.78 is 43.3. The van der Waals surface area contributed by atoms with Crippen molar-refractivity contribution in [1.82, 2.24) is 9.71 Å².